The lowest BCUT2D eigenvalue weighted by Crippen LogP contribution is -2.54. The molecule has 1 N–H and O–H groups in total. The van der Waals surface area contributed by atoms with Crippen LogP contribution in [-0.2, 0) is 0 Å². The lowest BCUT2D eigenvalue weighted by molar-refractivity contribution is 0.0717. The molecule has 1 aromatic rings. The zero-order chi connectivity index (χ0) is 14.7. The third-order valence-electron chi connectivity index (χ3n) is 3.92. The predicted molar refractivity (Wildman–Crippen MR) is 81.9 cm³/mol. The summed E-state index contributed by atoms with van der Waals surface area (Å²) < 4.78 is 0. The van der Waals surface area contributed by atoms with E-state index in [0.29, 0.717) is 0 Å². The summed E-state index contributed by atoms with van der Waals surface area (Å²) in [7, 11) is 2.13. The van der Waals surface area contributed by atoms with Gasteiger partial charge in [-0.15, -0.1) is 0 Å². The Morgan fingerprint density at radius 1 is 1.20 bits per heavy atom. The Labute approximate surface area is 121 Å². The van der Waals surface area contributed by atoms with Gasteiger partial charge >= 0.3 is 0 Å². The Bertz CT molecular complexity index is 479. The summed E-state index contributed by atoms with van der Waals surface area (Å²) in [6.07, 6.45) is 0. The summed E-state index contributed by atoms with van der Waals surface area (Å²) in [6.45, 7) is 9.99. The molecule has 20 heavy (non-hydrogen) atoms. The molecule has 1 aliphatic rings. The van der Waals surface area contributed by atoms with E-state index < -0.39 is 0 Å². The number of hydrogen-bond acceptors (Lipinski definition) is 4. The fourth-order valence-corrected chi connectivity index (χ4v) is 2.59. The smallest absolute Gasteiger partial charge is 0.181 e. The second-order valence-electron chi connectivity index (χ2n) is 5.82. The van der Waals surface area contributed by atoms with Crippen LogP contribution in [0.2, 0.25) is 0 Å². The summed E-state index contributed by atoms with van der Waals surface area (Å²) in [4.78, 5) is 14.8. The van der Waals surface area contributed by atoms with E-state index in [1.54, 1.807) is 0 Å². The van der Waals surface area contributed by atoms with Crippen molar-refractivity contribution in [2.45, 2.75) is 26.8 Å². The van der Waals surface area contributed by atoms with Gasteiger partial charge in [0.2, 0.25) is 0 Å². The average molecular weight is 275 g/mol. The van der Waals surface area contributed by atoms with Crippen LogP contribution in [0, 0.1) is 13.8 Å². The molecule has 0 bridgehead atoms. The molecule has 1 aromatic carbocycles. The molecule has 110 valence electrons. The molecular weight excluding hydrogens is 250 g/mol. The Morgan fingerprint density at radius 2 is 1.85 bits per heavy atom. The van der Waals surface area contributed by atoms with Crippen molar-refractivity contribution in [3.8, 4) is 0 Å². The Hall–Kier alpha value is -1.23. The third-order valence-corrected chi connectivity index (χ3v) is 3.92. The predicted octanol–water partition coefficient (Wildman–Crippen LogP) is 1.63. The third kappa shape index (κ3) is 3.66. The lowest BCUT2D eigenvalue weighted by atomic mass is 9.99. The van der Waals surface area contributed by atoms with Gasteiger partial charge in [0.25, 0.3) is 0 Å². The zero-order valence-corrected chi connectivity index (χ0v) is 12.9. The lowest BCUT2D eigenvalue weighted by Gasteiger charge is -2.34. The van der Waals surface area contributed by atoms with E-state index in [1.165, 1.54) is 5.56 Å². The molecule has 0 radical (unpaired) electrons. The number of nitrogens with zero attached hydrogens (tertiary/aromatic N) is 2. The van der Waals surface area contributed by atoms with Crippen LogP contribution in [0.3, 0.4) is 0 Å². The topological polar surface area (TPSA) is 35.6 Å². The maximum absolute atomic E-state index is 12.5. The SMILES string of the molecule is Cc1ccc(C(=O)C(C)NN2CCN(C)CC2)c(C)c1. The summed E-state index contributed by atoms with van der Waals surface area (Å²) >= 11 is 0. The van der Waals surface area contributed by atoms with Gasteiger partial charge in [-0.3, -0.25) is 4.79 Å². The maximum atomic E-state index is 12.5. The number of carbonyl (C=O) groups is 1. The van der Waals surface area contributed by atoms with Crippen molar-refractivity contribution in [3.05, 3.63) is 34.9 Å². The number of nitrogens with one attached hydrogen (secondary N) is 1. The molecule has 1 heterocycles. The van der Waals surface area contributed by atoms with Crippen LogP contribution in [0.15, 0.2) is 18.2 Å². The van der Waals surface area contributed by atoms with Crippen LogP contribution < -0.4 is 5.43 Å². The number of benzene rings is 1. The van der Waals surface area contributed by atoms with Gasteiger partial charge in [-0.05, 0) is 33.4 Å². The Kier molecular flexibility index (Phi) is 4.91. The number of rotatable bonds is 4. The van der Waals surface area contributed by atoms with Gasteiger partial charge in [0.05, 0.1) is 6.04 Å². The molecular formula is C16H25N3O. The summed E-state index contributed by atoms with van der Waals surface area (Å²) in [5.74, 6) is 0.168. The highest BCUT2D eigenvalue weighted by Crippen LogP contribution is 2.13. The van der Waals surface area contributed by atoms with Crippen molar-refractivity contribution in [1.29, 1.82) is 0 Å². The minimum absolute atomic E-state index is 0.168. The van der Waals surface area contributed by atoms with Crippen LogP contribution in [0.25, 0.3) is 0 Å². The first kappa shape index (κ1) is 15.2. The number of carbonyl (C=O) groups excluding carboxylic acids is 1. The first-order valence-electron chi connectivity index (χ1n) is 7.28. The largest absolute Gasteiger partial charge is 0.304 e. The van der Waals surface area contributed by atoms with Crippen molar-refractivity contribution >= 4 is 5.78 Å². The normalized spacial score (nSPS) is 19.0. The first-order chi connectivity index (χ1) is 9.47. The summed E-state index contributed by atoms with van der Waals surface area (Å²) in [5, 5.41) is 2.16. The van der Waals surface area contributed by atoms with E-state index in [4.69, 9.17) is 0 Å². The van der Waals surface area contributed by atoms with Crippen LogP contribution in [-0.4, -0.2) is 55.0 Å². The van der Waals surface area contributed by atoms with E-state index in [-0.39, 0.29) is 11.8 Å². The van der Waals surface area contributed by atoms with Gasteiger partial charge in [-0.25, -0.2) is 10.4 Å². The van der Waals surface area contributed by atoms with Crippen LogP contribution in [0.4, 0.5) is 0 Å². The molecule has 2 rings (SSSR count). The highest BCUT2D eigenvalue weighted by Gasteiger charge is 2.21. The maximum Gasteiger partial charge on any atom is 0.181 e. The van der Waals surface area contributed by atoms with E-state index in [1.807, 2.05) is 32.9 Å². The van der Waals surface area contributed by atoms with Crippen molar-refractivity contribution in [1.82, 2.24) is 15.3 Å². The van der Waals surface area contributed by atoms with Gasteiger partial charge < -0.3 is 4.90 Å². The quantitative estimate of drug-likeness (QED) is 0.847. The van der Waals surface area contributed by atoms with E-state index in [2.05, 4.69) is 28.4 Å². The number of Topliss-reactive ketones (excluding diaryl/α,β-unsaturated/α-hetero) is 1. The molecule has 0 aliphatic carbocycles. The fraction of sp³-hybridized carbons (Fsp3) is 0.562. The van der Waals surface area contributed by atoms with Gasteiger partial charge in [0.15, 0.2) is 5.78 Å². The van der Waals surface area contributed by atoms with Crippen LogP contribution in [0.1, 0.15) is 28.4 Å². The van der Waals surface area contributed by atoms with E-state index >= 15 is 0 Å². The minimum Gasteiger partial charge on any atom is -0.304 e. The number of hydrogen-bond donors (Lipinski definition) is 1. The van der Waals surface area contributed by atoms with Gasteiger partial charge in [-0.1, -0.05) is 23.8 Å². The monoisotopic (exact) mass is 275 g/mol. The molecule has 0 spiro atoms. The molecule has 1 unspecified atom stereocenters. The molecule has 0 aromatic heterocycles. The number of ketones is 1. The highest BCUT2D eigenvalue weighted by molar-refractivity contribution is 6.01. The van der Waals surface area contributed by atoms with Crippen molar-refractivity contribution in [2.75, 3.05) is 33.2 Å². The number of likely N-dealkylation sites (N-methyl/N-ethyl adjacent to an activating group) is 1. The van der Waals surface area contributed by atoms with Gasteiger partial charge in [0.1, 0.15) is 0 Å². The first-order valence-corrected chi connectivity index (χ1v) is 7.28. The van der Waals surface area contributed by atoms with E-state index in [0.717, 1.165) is 37.3 Å². The number of hydrazine groups is 1. The highest BCUT2D eigenvalue weighted by atomic mass is 16.1. The Morgan fingerprint density at radius 3 is 2.45 bits per heavy atom. The molecule has 1 fully saturated rings. The number of piperazine rings is 1. The summed E-state index contributed by atoms with van der Waals surface area (Å²) in [5.41, 5.74) is 6.41. The molecule has 1 saturated heterocycles. The Balaban J connectivity index is 1.98. The van der Waals surface area contributed by atoms with Crippen LogP contribution >= 0.6 is 0 Å². The van der Waals surface area contributed by atoms with E-state index in [9.17, 15) is 4.79 Å². The zero-order valence-electron chi connectivity index (χ0n) is 12.9. The average Bonchev–Trinajstić information content (AvgIpc) is 2.40. The molecule has 1 atom stereocenters. The van der Waals surface area contributed by atoms with Gasteiger partial charge in [-0.2, -0.15) is 0 Å². The van der Waals surface area contributed by atoms with Gasteiger partial charge in [0, 0.05) is 31.7 Å². The number of aryl methyl sites for hydroxylation is 2. The second kappa shape index (κ2) is 6.48. The summed E-state index contributed by atoms with van der Waals surface area (Å²) in [6, 6.07) is 5.83. The minimum atomic E-state index is -0.181. The molecule has 0 saturated carbocycles. The van der Waals surface area contributed by atoms with Crippen LogP contribution in [0.5, 0.6) is 0 Å². The van der Waals surface area contributed by atoms with Crippen molar-refractivity contribution in [3.63, 3.8) is 0 Å². The fourth-order valence-electron chi connectivity index (χ4n) is 2.59. The molecule has 4 nitrogen and oxygen atoms in total. The molecule has 4 heteroatoms. The molecule has 0 amide bonds. The van der Waals surface area contributed by atoms with Crippen molar-refractivity contribution < 1.29 is 4.79 Å². The second-order valence-corrected chi connectivity index (χ2v) is 5.82. The standard InChI is InChI=1S/C16H25N3O/c1-12-5-6-15(13(2)11-12)16(20)14(3)17-19-9-7-18(4)8-10-19/h5-6,11,14,17H,7-10H2,1-4H3. The van der Waals surface area contributed by atoms with Crippen molar-refractivity contribution in [2.24, 2.45) is 0 Å². The molecule has 1 aliphatic heterocycles.